The molecule has 1 heterocycles. The van der Waals surface area contributed by atoms with Crippen LogP contribution in [0, 0.1) is 5.92 Å². The van der Waals surface area contributed by atoms with Gasteiger partial charge in [0.15, 0.2) is 9.84 Å². The van der Waals surface area contributed by atoms with Crippen LogP contribution in [0.25, 0.3) is 0 Å². The SMILES string of the molecule is COCc1ccccc1C(=O)NC[C@H]1CCS(=O)(=O)C1. The molecule has 110 valence electrons. The Morgan fingerprint density at radius 1 is 1.40 bits per heavy atom. The summed E-state index contributed by atoms with van der Waals surface area (Å²) in [5.74, 6) is 0.251. The van der Waals surface area contributed by atoms with Crippen LogP contribution in [0.3, 0.4) is 0 Å². The molecule has 1 amide bonds. The van der Waals surface area contributed by atoms with E-state index in [1.54, 1.807) is 19.2 Å². The topological polar surface area (TPSA) is 72.5 Å². The Balaban J connectivity index is 1.95. The van der Waals surface area contributed by atoms with Crippen LogP contribution in [0.5, 0.6) is 0 Å². The zero-order chi connectivity index (χ0) is 14.6. The fraction of sp³-hybridized carbons (Fsp3) is 0.500. The third kappa shape index (κ3) is 3.80. The highest BCUT2D eigenvalue weighted by Crippen LogP contribution is 2.17. The maximum atomic E-state index is 12.1. The molecule has 6 heteroatoms. The summed E-state index contributed by atoms with van der Waals surface area (Å²) >= 11 is 0. The monoisotopic (exact) mass is 297 g/mol. The molecule has 2 rings (SSSR count). The van der Waals surface area contributed by atoms with Crippen molar-refractivity contribution in [3.05, 3.63) is 35.4 Å². The number of sulfone groups is 1. The van der Waals surface area contributed by atoms with Crippen molar-refractivity contribution < 1.29 is 17.9 Å². The van der Waals surface area contributed by atoms with E-state index in [1.807, 2.05) is 12.1 Å². The van der Waals surface area contributed by atoms with Gasteiger partial charge in [-0.15, -0.1) is 0 Å². The first-order chi connectivity index (χ1) is 9.52. The van der Waals surface area contributed by atoms with E-state index in [0.29, 0.717) is 25.1 Å². The highest BCUT2D eigenvalue weighted by atomic mass is 32.2. The van der Waals surface area contributed by atoms with Gasteiger partial charge in [-0.2, -0.15) is 0 Å². The Morgan fingerprint density at radius 3 is 2.80 bits per heavy atom. The number of carbonyl (C=O) groups excluding carboxylic acids is 1. The van der Waals surface area contributed by atoms with Crippen LogP contribution in [0.1, 0.15) is 22.3 Å². The van der Waals surface area contributed by atoms with E-state index in [0.717, 1.165) is 5.56 Å². The van der Waals surface area contributed by atoms with Crippen LogP contribution in [-0.4, -0.2) is 39.5 Å². The van der Waals surface area contributed by atoms with Gasteiger partial charge in [-0.3, -0.25) is 4.79 Å². The molecule has 1 aliphatic rings. The van der Waals surface area contributed by atoms with E-state index >= 15 is 0 Å². The number of benzene rings is 1. The Labute approximate surface area is 119 Å². The van der Waals surface area contributed by atoms with Crippen molar-refractivity contribution >= 4 is 15.7 Å². The van der Waals surface area contributed by atoms with Gasteiger partial charge in [-0.25, -0.2) is 8.42 Å². The first kappa shape index (κ1) is 15.0. The number of hydrogen-bond acceptors (Lipinski definition) is 4. The lowest BCUT2D eigenvalue weighted by molar-refractivity contribution is 0.0943. The molecule has 1 aromatic rings. The minimum atomic E-state index is -2.90. The highest BCUT2D eigenvalue weighted by molar-refractivity contribution is 7.91. The number of ether oxygens (including phenoxy) is 1. The molecule has 0 aliphatic carbocycles. The van der Waals surface area contributed by atoms with Gasteiger partial charge in [0.2, 0.25) is 0 Å². The lowest BCUT2D eigenvalue weighted by atomic mass is 10.1. The molecule has 0 unspecified atom stereocenters. The molecule has 20 heavy (non-hydrogen) atoms. The Hall–Kier alpha value is -1.40. The lowest BCUT2D eigenvalue weighted by Crippen LogP contribution is -2.30. The van der Waals surface area contributed by atoms with Crippen LogP contribution in [0.15, 0.2) is 24.3 Å². The molecule has 5 nitrogen and oxygen atoms in total. The molecular formula is C14H19NO4S. The molecular weight excluding hydrogens is 278 g/mol. The Morgan fingerprint density at radius 2 is 2.15 bits per heavy atom. The van der Waals surface area contributed by atoms with Crippen molar-refractivity contribution in [2.75, 3.05) is 25.2 Å². The third-order valence-corrected chi connectivity index (χ3v) is 5.28. The number of methoxy groups -OCH3 is 1. The zero-order valence-electron chi connectivity index (χ0n) is 11.5. The first-order valence-electron chi connectivity index (χ1n) is 6.57. The number of amides is 1. The quantitative estimate of drug-likeness (QED) is 0.880. The smallest absolute Gasteiger partial charge is 0.251 e. The molecule has 1 saturated heterocycles. The largest absolute Gasteiger partial charge is 0.380 e. The maximum absolute atomic E-state index is 12.1. The molecule has 0 aromatic heterocycles. The van der Waals surface area contributed by atoms with Crippen molar-refractivity contribution in [2.45, 2.75) is 13.0 Å². The molecule has 0 bridgehead atoms. The van der Waals surface area contributed by atoms with Gasteiger partial charge in [-0.05, 0) is 24.0 Å². The Kier molecular flexibility index (Phi) is 4.77. The van der Waals surface area contributed by atoms with E-state index in [-0.39, 0.29) is 23.3 Å². The summed E-state index contributed by atoms with van der Waals surface area (Å²) in [6.07, 6.45) is 0.627. The minimum absolute atomic E-state index is 0.0264. The summed E-state index contributed by atoms with van der Waals surface area (Å²) in [6.45, 7) is 0.779. The van der Waals surface area contributed by atoms with Crippen LogP contribution in [-0.2, 0) is 21.2 Å². The molecule has 0 radical (unpaired) electrons. The van der Waals surface area contributed by atoms with Crippen molar-refractivity contribution in [2.24, 2.45) is 5.92 Å². The van der Waals surface area contributed by atoms with Crippen LogP contribution in [0.2, 0.25) is 0 Å². The normalized spacial score (nSPS) is 20.8. The average Bonchev–Trinajstić information content (AvgIpc) is 2.77. The maximum Gasteiger partial charge on any atom is 0.251 e. The average molecular weight is 297 g/mol. The summed E-state index contributed by atoms with van der Waals surface area (Å²) in [4.78, 5) is 12.1. The summed E-state index contributed by atoms with van der Waals surface area (Å²) in [6, 6.07) is 7.25. The van der Waals surface area contributed by atoms with E-state index in [1.165, 1.54) is 0 Å². The van der Waals surface area contributed by atoms with Gasteiger partial charge in [-0.1, -0.05) is 18.2 Å². The second-order valence-corrected chi connectivity index (χ2v) is 7.30. The number of hydrogen-bond donors (Lipinski definition) is 1. The second-order valence-electron chi connectivity index (χ2n) is 5.07. The molecule has 1 fully saturated rings. The molecule has 1 N–H and O–H groups in total. The summed E-state index contributed by atoms with van der Waals surface area (Å²) in [5.41, 5.74) is 1.40. The van der Waals surface area contributed by atoms with Crippen molar-refractivity contribution in [1.82, 2.24) is 5.32 Å². The predicted molar refractivity (Wildman–Crippen MR) is 76.2 cm³/mol. The van der Waals surface area contributed by atoms with Crippen molar-refractivity contribution in [3.63, 3.8) is 0 Å². The van der Waals surface area contributed by atoms with Gasteiger partial charge in [0.25, 0.3) is 5.91 Å². The zero-order valence-corrected chi connectivity index (χ0v) is 12.3. The van der Waals surface area contributed by atoms with E-state index in [2.05, 4.69) is 5.32 Å². The minimum Gasteiger partial charge on any atom is -0.380 e. The van der Waals surface area contributed by atoms with Gasteiger partial charge < -0.3 is 10.1 Å². The van der Waals surface area contributed by atoms with Gasteiger partial charge >= 0.3 is 0 Å². The fourth-order valence-electron chi connectivity index (χ4n) is 2.39. The number of nitrogens with one attached hydrogen (secondary N) is 1. The molecule has 0 spiro atoms. The fourth-order valence-corrected chi connectivity index (χ4v) is 4.25. The predicted octanol–water partition coefficient (Wildman–Crippen LogP) is 0.998. The van der Waals surface area contributed by atoms with Crippen LogP contribution in [0.4, 0.5) is 0 Å². The van der Waals surface area contributed by atoms with Crippen molar-refractivity contribution in [1.29, 1.82) is 0 Å². The first-order valence-corrected chi connectivity index (χ1v) is 8.39. The van der Waals surface area contributed by atoms with Crippen molar-refractivity contribution in [3.8, 4) is 0 Å². The summed E-state index contributed by atoms with van der Waals surface area (Å²) < 4.78 is 27.8. The van der Waals surface area contributed by atoms with Gasteiger partial charge in [0, 0.05) is 19.2 Å². The standard InChI is InChI=1S/C14H19NO4S/c1-19-9-12-4-2-3-5-13(12)14(16)15-8-11-6-7-20(17,18)10-11/h2-5,11H,6-10H2,1H3,(H,15,16)/t11-/m1/s1. The van der Waals surface area contributed by atoms with E-state index in [9.17, 15) is 13.2 Å². The molecule has 1 aliphatic heterocycles. The summed E-state index contributed by atoms with van der Waals surface area (Å²) in [5, 5.41) is 2.82. The number of carbonyl (C=O) groups is 1. The molecule has 1 atom stereocenters. The third-order valence-electron chi connectivity index (χ3n) is 3.44. The van der Waals surface area contributed by atoms with Crippen LogP contribution >= 0.6 is 0 Å². The number of rotatable bonds is 5. The lowest BCUT2D eigenvalue weighted by Gasteiger charge is -2.12. The van der Waals surface area contributed by atoms with Gasteiger partial charge in [0.05, 0.1) is 18.1 Å². The van der Waals surface area contributed by atoms with Gasteiger partial charge in [0.1, 0.15) is 0 Å². The van der Waals surface area contributed by atoms with E-state index < -0.39 is 9.84 Å². The Bertz CT molecular complexity index is 583. The molecule has 1 aromatic carbocycles. The summed E-state index contributed by atoms with van der Waals surface area (Å²) in [7, 11) is -1.31. The van der Waals surface area contributed by atoms with Crippen LogP contribution < -0.4 is 5.32 Å². The highest BCUT2D eigenvalue weighted by Gasteiger charge is 2.28. The molecule has 0 saturated carbocycles. The van der Waals surface area contributed by atoms with E-state index in [4.69, 9.17) is 4.74 Å². The second kappa shape index (κ2) is 6.37.